The molecule has 1 amide bonds. The maximum atomic E-state index is 12.0. The minimum atomic E-state index is -4.69. The van der Waals surface area contributed by atoms with E-state index in [1.807, 2.05) is 0 Å². The molecule has 1 aromatic rings. The smallest absolute Gasteiger partial charge is 0.350 e. The number of nitrogens with two attached hydrogens (primary N) is 1. The molecule has 92 valence electrons. The quantitative estimate of drug-likeness (QED) is 0.881. The fraction of sp³-hybridized carbons (Fsp3) is 0.375. The van der Waals surface area contributed by atoms with Gasteiger partial charge in [0.2, 0.25) is 5.91 Å². The predicted octanol–water partition coefficient (Wildman–Crippen LogP) is 1.68. The molecule has 0 aliphatic heterocycles. The van der Waals surface area contributed by atoms with Gasteiger partial charge in [-0.3, -0.25) is 4.79 Å². The fourth-order valence-corrected chi connectivity index (χ4v) is 1.49. The molecule has 0 aromatic carbocycles. The van der Waals surface area contributed by atoms with Crippen molar-refractivity contribution >= 4 is 29.7 Å². The number of nitrogens with one attached hydrogen (secondary N) is 1. The number of halogens is 4. The summed E-state index contributed by atoms with van der Waals surface area (Å²) in [5, 5.41) is 3.89. The molecule has 0 saturated heterocycles. The highest BCUT2D eigenvalue weighted by Gasteiger charge is 2.41. The van der Waals surface area contributed by atoms with Crippen molar-refractivity contribution in [2.24, 2.45) is 5.73 Å². The average Bonchev–Trinajstić information content (AvgIpc) is 2.63. The number of rotatable bonds is 3. The summed E-state index contributed by atoms with van der Waals surface area (Å²) < 4.78 is 35.9. The topological polar surface area (TPSA) is 55.1 Å². The number of hydrogen-bond acceptors (Lipinski definition) is 3. The molecular weight excluding hydrogens is 265 g/mol. The SMILES string of the molecule is Cl.NC(C(=O)NCc1cccs1)C(F)(F)F. The van der Waals surface area contributed by atoms with Crippen LogP contribution in [-0.4, -0.2) is 18.1 Å². The van der Waals surface area contributed by atoms with Gasteiger partial charge in [0.1, 0.15) is 0 Å². The molecule has 3 nitrogen and oxygen atoms in total. The molecule has 0 aliphatic rings. The van der Waals surface area contributed by atoms with Crippen LogP contribution >= 0.6 is 23.7 Å². The third-order valence-electron chi connectivity index (χ3n) is 1.65. The molecule has 0 spiro atoms. The lowest BCUT2D eigenvalue weighted by Crippen LogP contribution is -2.49. The van der Waals surface area contributed by atoms with E-state index in [0.717, 1.165) is 4.88 Å². The van der Waals surface area contributed by atoms with Gasteiger partial charge >= 0.3 is 6.18 Å². The fourth-order valence-electron chi connectivity index (χ4n) is 0.846. The summed E-state index contributed by atoms with van der Waals surface area (Å²) in [6.45, 7) is 0.0697. The zero-order valence-electron chi connectivity index (χ0n) is 7.95. The summed E-state index contributed by atoms with van der Waals surface area (Å²) in [5.41, 5.74) is 4.70. The van der Waals surface area contributed by atoms with E-state index in [0.29, 0.717) is 0 Å². The van der Waals surface area contributed by atoms with E-state index < -0.39 is 18.1 Å². The van der Waals surface area contributed by atoms with Crippen LogP contribution in [0.1, 0.15) is 4.88 Å². The Balaban J connectivity index is 0.00000225. The first kappa shape index (κ1) is 15.2. The molecule has 1 rings (SSSR count). The van der Waals surface area contributed by atoms with Crippen molar-refractivity contribution < 1.29 is 18.0 Å². The van der Waals surface area contributed by atoms with Crippen LogP contribution in [0.2, 0.25) is 0 Å². The largest absolute Gasteiger partial charge is 0.412 e. The van der Waals surface area contributed by atoms with Gasteiger partial charge in [0, 0.05) is 4.88 Å². The molecule has 0 fully saturated rings. The minimum Gasteiger partial charge on any atom is -0.350 e. The monoisotopic (exact) mass is 274 g/mol. The van der Waals surface area contributed by atoms with E-state index in [-0.39, 0.29) is 19.0 Å². The molecular formula is C8H10ClF3N2OS. The van der Waals surface area contributed by atoms with Crippen molar-refractivity contribution in [3.8, 4) is 0 Å². The van der Waals surface area contributed by atoms with Crippen molar-refractivity contribution in [2.45, 2.75) is 18.8 Å². The average molecular weight is 275 g/mol. The maximum absolute atomic E-state index is 12.0. The second kappa shape index (κ2) is 6.07. The van der Waals surface area contributed by atoms with Crippen LogP contribution < -0.4 is 11.1 Å². The Morgan fingerprint density at radius 3 is 2.62 bits per heavy atom. The number of amides is 1. The van der Waals surface area contributed by atoms with Crippen LogP contribution in [0.25, 0.3) is 0 Å². The van der Waals surface area contributed by atoms with Crippen LogP contribution in [0, 0.1) is 0 Å². The Morgan fingerprint density at radius 2 is 2.19 bits per heavy atom. The highest BCUT2D eigenvalue weighted by atomic mass is 35.5. The first-order valence-corrected chi connectivity index (χ1v) is 4.91. The molecule has 0 aliphatic carbocycles. The molecule has 8 heteroatoms. The summed E-state index contributed by atoms with van der Waals surface area (Å²) in [6, 6.07) is 0.998. The first-order chi connectivity index (χ1) is 6.91. The van der Waals surface area contributed by atoms with Crippen LogP contribution in [0.4, 0.5) is 13.2 Å². The second-order valence-electron chi connectivity index (χ2n) is 2.82. The molecule has 1 unspecified atom stereocenters. The first-order valence-electron chi connectivity index (χ1n) is 4.03. The van der Waals surface area contributed by atoms with E-state index in [1.54, 1.807) is 17.5 Å². The molecule has 1 atom stereocenters. The normalized spacial score (nSPS) is 12.8. The summed E-state index contributed by atoms with van der Waals surface area (Å²) in [7, 11) is 0. The Bertz CT molecular complexity index is 329. The van der Waals surface area contributed by atoms with Gasteiger partial charge in [-0.15, -0.1) is 23.7 Å². The Morgan fingerprint density at radius 1 is 1.56 bits per heavy atom. The standard InChI is InChI=1S/C8H9F3N2OS.ClH/c9-8(10,11)6(12)7(14)13-4-5-2-1-3-15-5;/h1-3,6H,4,12H2,(H,13,14);1H. The van der Waals surface area contributed by atoms with E-state index in [2.05, 4.69) is 5.32 Å². The van der Waals surface area contributed by atoms with Crippen molar-refractivity contribution in [3.05, 3.63) is 22.4 Å². The van der Waals surface area contributed by atoms with Gasteiger partial charge < -0.3 is 11.1 Å². The van der Waals surface area contributed by atoms with Gasteiger partial charge in [0.15, 0.2) is 6.04 Å². The Hall–Kier alpha value is -0.790. The predicted molar refractivity (Wildman–Crippen MR) is 57.4 cm³/mol. The number of thiophene rings is 1. The second-order valence-corrected chi connectivity index (χ2v) is 3.85. The van der Waals surface area contributed by atoms with Crippen molar-refractivity contribution in [3.63, 3.8) is 0 Å². The van der Waals surface area contributed by atoms with Gasteiger partial charge in [0.05, 0.1) is 6.54 Å². The molecule has 0 saturated carbocycles. The molecule has 0 radical (unpaired) electrons. The Kier molecular flexibility index (Phi) is 5.77. The van der Waals surface area contributed by atoms with E-state index >= 15 is 0 Å². The molecule has 0 bridgehead atoms. The lowest BCUT2D eigenvalue weighted by molar-refractivity contribution is -0.162. The summed E-state index contributed by atoms with van der Waals surface area (Å²) in [6.07, 6.45) is -4.69. The zero-order chi connectivity index (χ0) is 11.5. The summed E-state index contributed by atoms with van der Waals surface area (Å²) >= 11 is 1.35. The van der Waals surface area contributed by atoms with E-state index in [4.69, 9.17) is 5.73 Å². The van der Waals surface area contributed by atoms with Crippen LogP contribution in [0.5, 0.6) is 0 Å². The lowest BCUT2D eigenvalue weighted by Gasteiger charge is -2.14. The van der Waals surface area contributed by atoms with Gasteiger partial charge in [-0.25, -0.2) is 0 Å². The van der Waals surface area contributed by atoms with E-state index in [1.165, 1.54) is 11.3 Å². The highest BCUT2D eigenvalue weighted by molar-refractivity contribution is 7.09. The molecule has 16 heavy (non-hydrogen) atoms. The van der Waals surface area contributed by atoms with Crippen LogP contribution in [-0.2, 0) is 11.3 Å². The van der Waals surface area contributed by atoms with E-state index in [9.17, 15) is 18.0 Å². The molecule has 1 aromatic heterocycles. The number of carbonyl (C=O) groups is 1. The molecule has 1 heterocycles. The van der Waals surface area contributed by atoms with Crippen molar-refractivity contribution in [1.82, 2.24) is 5.32 Å². The number of alkyl halides is 3. The summed E-state index contributed by atoms with van der Waals surface area (Å²) in [4.78, 5) is 11.7. The van der Waals surface area contributed by atoms with Gasteiger partial charge in [-0.2, -0.15) is 13.2 Å². The highest BCUT2D eigenvalue weighted by Crippen LogP contribution is 2.18. The third-order valence-corrected chi connectivity index (χ3v) is 2.53. The molecule has 3 N–H and O–H groups in total. The van der Waals surface area contributed by atoms with Crippen LogP contribution in [0.15, 0.2) is 17.5 Å². The summed E-state index contributed by atoms with van der Waals surface area (Å²) in [5.74, 6) is -1.21. The number of carbonyl (C=O) groups excluding carboxylic acids is 1. The lowest BCUT2D eigenvalue weighted by atomic mass is 10.3. The van der Waals surface area contributed by atoms with Gasteiger partial charge in [-0.1, -0.05) is 6.07 Å². The van der Waals surface area contributed by atoms with Gasteiger partial charge in [-0.05, 0) is 11.4 Å². The third kappa shape index (κ3) is 4.38. The van der Waals surface area contributed by atoms with Crippen molar-refractivity contribution in [1.29, 1.82) is 0 Å². The zero-order valence-corrected chi connectivity index (χ0v) is 9.59. The number of hydrogen-bond donors (Lipinski definition) is 2. The van der Waals surface area contributed by atoms with Crippen LogP contribution in [0.3, 0.4) is 0 Å². The Labute approximate surface area is 100 Å². The minimum absolute atomic E-state index is 0. The maximum Gasteiger partial charge on any atom is 0.412 e. The van der Waals surface area contributed by atoms with Gasteiger partial charge in [0.25, 0.3) is 0 Å². The van der Waals surface area contributed by atoms with Crippen molar-refractivity contribution in [2.75, 3.05) is 0 Å².